The van der Waals surface area contributed by atoms with E-state index in [0.29, 0.717) is 38.7 Å². The molecule has 1 radical (unpaired) electrons. The van der Waals surface area contributed by atoms with Gasteiger partial charge in [-0.1, -0.05) is 6.07 Å². The molecule has 1 aliphatic heterocycles. The van der Waals surface area contributed by atoms with E-state index in [1.807, 2.05) is 18.2 Å². The van der Waals surface area contributed by atoms with Gasteiger partial charge in [0.25, 0.3) is 0 Å². The zero-order valence-corrected chi connectivity index (χ0v) is 10.4. The number of ether oxygens (including phenoxy) is 3. The van der Waals surface area contributed by atoms with Crippen LogP contribution >= 0.6 is 0 Å². The van der Waals surface area contributed by atoms with E-state index in [1.165, 1.54) is 0 Å². The summed E-state index contributed by atoms with van der Waals surface area (Å²) in [6.07, 6.45) is 0.928. The molecule has 2 rings (SSSR count). The quantitative estimate of drug-likeness (QED) is 0.727. The van der Waals surface area contributed by atoms with Gasteiger partial charge in [-0.3, -0.25) is 0 Å². The SMILES string of the molecule is NCCC[N]CCOc1cccc2c1OCCO2. The smallest absolute Gasteiger partial charge is 0.203 e. The van der Waals surface area contributed by atoms with Crippen LogP contribution in [0.3, 0.4) is 0 Å². The lowest BCUT2D eigenvalue weighted by atomic mass is 10.3. The normalized spacial score (nSPS) is 13.4. The van der Waals surface area contributed by atoms with Crippen LogP contribution in [-0.2, 0) is 0 Å². The van der Waals surface area contributed by atoms with Crippen LogP contribution in [0.2, 0.25) is 0 Å². The third-order valence-corrected chi connectivity index (χ3v) is 2.56. The molecule has 2 N–H and O–H groups in total. The second-order valence-corrected chi connectivity index (χ2v) is 3.94. The van der Waals surface area contributed by atoms with E-state index in [9.17, 15) is 0 Å². The molecule has 0 saturated heterocycles. The van der Waals surface area contributed by atoms with E-state index in [4.69, 9.17) is 19.9 Å². The minimum absolute atomic E-state index is 0.546. The number of hydrogen-bond acceptors (Lipinski definition) is 4. The lowest BCUT2D eigenvalue weighted by Crippen LogP contribution is -2.19. The summed E-state index contributed by atoms with van der Waals surface area (Å²) in [6.45, 7) is 3.85. The highest BCUT2D eigenvalue weighted by molar-refractivity contribution is 5.51. The molecule has 1 aromatic carbocycles. The molecular formula is C13H19N2O3. The number of hydrogen-bond donors (Lipinski definition) is 1. The third kappa shape index (κ3) is 3.51. The van der Waals surface area contributed by atoms with Crippen molar-refractivity contribution < 1.29 is 14.2 Å². The molecule has 99 valence electrons. The van der Waals surface area contributed by atoms with Crippen LogP contribution in [0.25, 0.3) is 0 Å². The fraction of sp³-hybridized carbons (Fsp3) is 0.538. The Balaban J connectivity index is 1.79. The second kappa shape index (κ2) is 7.08. The topological polar surface area (TPSA) is 67.8 Å². The molecular weight excluding hydrogens is 232 g/mol. The Morgan fingerprint density at radius 1 is 1.22 bits per heavy atom. The monoisotopic (exact) mass is 251 g/mol. The molecule has 1 heterocycles. The van der Waals surface area contributed by atoms with Crippen LogP contribution in [-0.4, -0.2) is 39.5 Å². The van der Waals surface area contributed by atoms with Crippen LogP contribution in [0.1, 0.15) is 6.42 Å². The third-order valence-electron chi connectivity index (χ3n) is 2.56. The van der Waals surface area contributed by atoms with E-state index >= 15 is 0 Å². The highest BCUT2D eigenvalue weighted by Gasteiger charge is 2.16. The Hall–Kier alpha value is -1.46. The molecule has 0 bridgehead atoms. The summed E-state index contributed by atoms with van der Waals surface area (Å²) in [6, 6.07) is 5.66. The Kier molecular flexibility index (Phi) is 5.11. The van der Waals surface area contributed by atoms with Gasteiger partial charge in [-0.2, -0.15) is 0 Å². The predicted molar refractivity (Wildman–Crippen MR) is 68.5 cm³/mol. The Morgan fingerprint density at radius 2 is 2.11 bits per heavy atom. The van der Waals surface area contributed by atoms with Gasteiger partial charge in [0.05, 0.1) is 0 Å². The van der Waals surface area contributed by atoms with Gasteiger partial charge in [0, 0.05) is 13.1 Å². The number of para-hydroxylation sites is 1. The molecule has 5 nitrogen and oxygen atoms in total. The number of nitrogens with zero attached hydrogens (tertiary/aromatic N) is 1. The fourth-order valence-electron chi connectivity index (χ4n) is 1.70. The number of benzene rings is 1. The molecule has 5 heteroatoms. The van der Waals surface area contributed by atoms with Crippen molar-refractivity contribution in [2.24, 2.45) is 5.73 Å². The average Bonchev–Trinajstić information content (AvgIpc) is 2.43. The second-order valence-electron chi connectivity index (χ2n) is 3.94. The molecule has 0 saturated carbocycles. The molecule has 0 atom stereocenters. The molecule has 0 amide bonds. The molecule has 1 aliphatic rings. The first kappa shape index (κ1) is 13.0. The van der Waals surface area contributed by atoms with Crippen LogP contribution in [0.15, 0.2) is 18.2 Å². The summed E-state index contributed by atoms with van der Waals surface area (Å²) in [7, 11) is 0. The van der Waals surface area contributed by atoms with Crippen LogP contribution < -0.4 is 25.3 Å². The van der Waals surface area contributed by atoms with Crippen molar-refractivity contribution in [2.75, 3.05) is 39.5 Å². The number of nitrogens with two attached hydrogens (primary N) is 1. The van der Waals surface area contributed by atoms with Gasteiger partial charge < -0.3 is 19.9 Å². The van der Waals surface area contributed by atoms with Gasteiger partial charge in [-0.15, -0.1) is 0 Å². The molecule has 0 spiro atoms. The van der Waals surface area contributed by atoms with E-state index in [-0.39, 0.29) is 0 Å². The summed E-state index contributed by atoms with van der Waals surface area (Å²) in [5, 5.41) is 4.31. The zero-order chi connectivity index (χ0) is 12.6. The minimum Gasteiger partial charge on any atom is -0.488 e. The first-order valence-electron chi connectivity index (χ1n) is 6.26. The lowest BCUT2D eigenvalue weighted by molar-refractivity contribution is 0.162. The largest absolute Gasteiger partial charge is 0.488 e. The van der Waals surface area contributed by atoms with Crippen molar-refractivity contribution in [3.8, 4) is 17.2 Å². The van der Waals surface area contributed by atoms with E-state index in [2.05, 4.69) is 5.32 Å². The number of fused-ring (bicyclic) bond motifs is 1. The molecule has 18 heavy (non-hydrogen) atoms. The van der Waals surface area contributed by atoms with Gasteiger partial charge in [0.1, 0.15) is 19.8 Å². The van der Waals surface area contributed by atoms with E-state index in [0.717, 1.165) is 24.5 Å². The first-order valence-corrected chi connectivity index (χ1v) is 6.26. The van der Waals surface area contributed by atoms with Gasteiger partial charge in [0.2, 0.25) is 5.75 Å². The van der Waals surface area contributed by atoms with Crippen molar-refractivity contribution in [1.82, 2.24) is 5.32 Å². The van der Waals surface area contributed by atoms with Gasteiger partial charge in [0.15, 0.2) is 11.5 Å². The van der Waals surface area contributed by atoms with E-state index < -0.39 is 0 Å². The number of rotatable bonds is 7. The Bertz CT molecular complexity index is 371. The highest BCUT2D eigenvalue weighted by Crippen LogP contribution is 2.38. The first-order chi connectivity index (χ1) is 8.92. The predicted octanol–water partition coefficient (Wildman–Crippen LogP) is 0.790. The Morgan fingerprint density at radius 3 is 3.00 bits per heavy atom. The summed E-state index contributed by atoms with van der Waals surface area (Å²) in [5.74, 6) is 2.17. The van der Waals surface area contributed by atoms with Crippen LogP contribution in [0, 0.1) is 0 Å². The average molecular weight is 251 g/mol. The zero-order valence-electron chi connectivity index (χ0n) is 10.4. The standard InChI is InChI=1S/C13H19N2O3/c14-5-2-6-15-7-8-16-11-3-1-4-12-13(11)18-10-9-17-12/h1,3-4H,2,5-10,14H2. The maximum Gasteiger partial charge on any atom is 0.203 e. The van der Waals surface area contributed by atoms with Gasteiger partial charge in [-0.05, 0) is 25.1 Å². The molecule has 0 unspecified atom stereocenters. The summed E-state index contributed by atoms with van der Waals surface area (Å²) in [5.41, 5.74) is 5.39. The summed E-state index contributed by atoms with van der Waals surface area (Å²) < 4.78 is 16.7. The maximum absolute atomic E-state index is 5.65. The van der Waals surface area contributed by atoms with Gasteiger partial charge in [-0.25, -0.2) is 5.32 Å². The molecule has 1 aromatic rings. The van der Waals surface area contributed by atoms with Crippen molar-refractivity contribution in [2.45, 2.75) is 6.42 Å². The van der Waals surface area contributed by atoms with Gasteiger partial charge >= 0.3 is 0 Å². The summed E-state index contributed by atoms with van der Waals surface area (Å²) in [4.78, 5) is 0. The van der Waals surface area contributed by atoms with Crippen LogP contribution in [0.5, 0.6) is 17.2 Å². The Labute approximate surface area is 107 Å². The lowest BCUT2D eigenvalue weighted by Gasteiger charge is -2.20. The highest BCUT2D eigenvalue weighted by atomic mass is 16.6. The molecule has 0 aliphatic carbocycles. The van der Waals surface area contributed by atoms with Crippen molar-refractivity contribution in [1.29, 1.82) is 0 Å². The van der Waals surface area contributed by atoms with Crippen LogP contribution in [0.4, 0.5) is 0 Å². The fourth-order valence-corrected chi connectivity index (χ4v) is 1.70. The molecule has 0 aromatic heterocycles. The van der Waals surface area contributed by atoms with Crippen molar-refractivity contribution in [3.05, 3.63) is 18.2 Å². The summed E-state index contributed by atoms with van der Waals surface area (Å²) >= 11 is 0. The minimum atomic E-state index is 0.546. The van der Waals surface area contributed by atoms with Crippen molar-refractivity contribution in [3.63, 3.8) is 0 Å². The molecule has 0 fully saturated rings. The maximum atomic E-state index is 5.65. The van der Waals surface area contributed by atoms with Crippen molar-refractivity contribution >= 4 is 0 Å². The van der Waals surface area contributed by atoms with E-state index in [1.54, 1.807) is 0 Å².